The summed E-state index contributed by atoms with van der Waals surface area (Å²) in [5.74, 6) is -1.31. The van der Waals surface area contributed by atoms with Crippen LogP contribution in [-0.4, -0.2) is 63.0 Å². The molecule has 0 aliphatic carbocycles. The number of carbonyl (C=O) groups excluding carboxylic acids is 2. The molecule has 3 unspecified atom stereocenters. The summed E-state index contributed by atoms with van der Waals surface area (Å²) < 4.78 is 50.3. The van der Waals surface area contributed by atoms with Crippen LogP contribution in [0.25, 0.3) is 0 Å². The maximum absolute atomic E-state index is 12.8. The molecule has 0 aliphatic heterocycles. The fourth-order valence-electron chi connectivity index (χ4n) is 4.00. The average molecular weight is 745 g/mol. The van der Waals surface area contributed by atoms with Crippen molar-refractivity contribution in [1.82, 2.24) is 0 Å². The first-order chi connectivity index (χ1) is 16.9. The van der Waals surface area contributed by atoms with Gasteiger partial charge < -0.3 is 0 Å². The summed E-state index contributed by atoms with van der Waals surface area (Å²) in [7, 11) is -3.79. The van der Waals surface area contributed by atoms with E-state index in [1.807, 2.05) is 0 Å². The summed E-state index contributed by atoms with van der Waals surface area (Å²) in [4.78, 5) is 27.2. The Morgan fingerprint density at radius 3 is 0.917 bits per heavy atom. The van der Waals surface area contributed by atoms with Crippen LogP contribution in [0.4, 0.5) is 0 Å². The van der Waals surface area contributed by atoms with E-state index in [2.05, 4.69) is 0 Å². The third kappa shape index (κ3) is 5.30. The second kappa shape index (κ2) is 11.1. The van der Waals surface area contributed by atoms with Gasteiger partial charge in [0.1, 0.15) is 0 Å². The van der Waals surface area contributed by atoms with E-state index in [1.54, 1.807) is 91.6 Å². The number of rotatable bonds is 8. The molecule has 0 heterocycles. The van der Waals surface area contributed by atoms with Crippen molar-refractivity contribution in [3.05, 3.63) is 72.8 Å². The molecule has 3 rings (SSSR count). The van der Waals surface area contributed by atoms with Crippen LogP contribution in [0, 0.1) is 0 Å². The Morgan fingerprint density at radius 1 is 0.528 bits per heavy atom. The zero-order valence-corrected chi connectivity index (χ0v) is 26.4. The van der Waals surface area contributed by atoms with Crippen molar-refractivity contribution >= 4 is 73.8 Å². The van der Waals surface area contributed by atoms with Gasteiger partial charge in [-0.05, 0) is 0 Å². The third-order valence-electron chi connectivity index (χ3n) is 5.52. The standard InChI is InChI=1S/3C7H7OS.2C2H4O2.Bi/c3*1-9(8)7-5-3-2-4-6-7;2*1-2(3)4;/h3*3-6H,1H3;2*1H3,(H,3,4);/q;;;;;+2/p-2. The molecule has 0 saturated heterocycles. The number of hydrogen-bond acceptors (Lipinski definition) is 7. The predicted octanol–water partition coefficient (Wildman–Crippen LogP) is 1.44. The van der Waals surface area contributed by atoms with E-state index in [4.69, 9.17) is 5.63 Å². The van der Waals surface area contributed by atoms with Gasteiger partial charge >= 0.3 is 222 Å². The van der Waals surface area contributed by atoms with Gasteiger partial charge in [-0.25, -0.2) is 0 Å². The zero-order valence-electron chi connectivity index (χ0n) is 20.5. The molecule has 7 nitrogen and oxygen atoms in total. The van der Waals surface area contributed by atoms with Crippen LogP contribution >= 0.6 is 0 Å². The minimum atomic E-state index is -6.16. The third-order valence-corrected chi connectivity index (χ3v) is 27.5. The molecular weight excluding hydrogens is 717 g/mol. The molecule has 0 bridgehead atoms. The molecule has 192 valence electrons. The Morgan fingerprint density at radius 2 is 0.750 bits per heavy atom. The molecule has 0 spiro atoms. The Hall–Kier alpha value is -2.07. The SMILES string of the molecule is CC(=O)[O][Bi]([O]C(C)=O)([c]1ccc(S(C)=O)cc1)([c]1ccc(S(C)=O)cc1)[c]1ccc(S(C)=O)cc1. The molecule has 0 amide bonds. The van der Waals surface area contributed by atoms with Gasteiger partial charge in [0, 0.05) is 0 Å². The fourth-order valence-corrected chi connectivity index (χ4v) is 23.5. The van der Waals surface area contributed by atoms with E-state index in [-0.39, 0.29) is 0 Å². The number of carbonyl (C=O) groups is 2. The van der Waals surface area contributed by atoms with Crippen molar-refractivity contribution in [3.63, 3.8) is 0 Å². The summed E-state index contributed by atoms with van der Waals surface area (Å²) in [6.07, 6.45) is 4.65. The Labute approximate surface area is 220 Å². The van der Waals surface area contributed by atoms with Crippen LogP contribution < -0.4 is 9.81 Å². The van der Waals surface area contributed by atoms with Gasteiger partial charge in [0.15, 0.2) is 0 Å². The normalized spacial score (nSPS) is 15.1. The summed E-state index contributed by atoms with van der Waals surface area (Å²) in [6.45, 7) is 2.50. The second-order valence-corrected chi connectivity index (χ2v) is 27.0. The molecule has 0 aliphatic rings. The van der Waals surface area contributed by atoms with E-state index in [0.717, 1.165) is 0 Å². The topological polar surface area (TPSA) is 104 Å². The van der Waals surface area contributed by atoms with Gasteiger partial charge in [0.25, 0.3) is 0 Å². The van der Waals surface area contributed by atoms with Crippen LogP contribution in [0.5, 0.6) is 0 Å². The molecule has 0 radical (unpaired) electrons. The second-order valence-electron chi connectivity index (χ2n) is 7.97. The Balaban J connectivity index is 2.55. The Kier molecular flexibility index (Phi) is 8.81. The van der Waals surface area contributed by atoms with Crippen LogP contribution in [0.1, 0.15) is 13.8 Å². The summed E-state index contributed by atoms with van der Waals surface area (Å²) in [5.41, 5.74) is 0. The molecule has 3 atom stereocenters. The molecule has 0 saturated carbocycles. The molecule has 0 fully saturated rings. The van der Waals surface area contributed by atoms with Crippen LogP contribution in [0.2, 0.25) is 0 Å². The quantitative estimate of drug-likeness (QED) is 0.322. The van der Waals surface area contributed by atoms with E-state index < -0.39 is 64.0 Å². The maximum atomic E-state index is 12.8. The van der Waals surface area contributed by atoms with E-state index in [9.17, 15) is 22.2 Å². The Bertz CT molecular complexity index is 1210. The van der Waals surface area contributed by atoms with Crippen LogP contribution in [0.15, 0.2) is 87.5 Å². The van der Waals surface area contributed by atoms with E-state index >= 15 is 0 Å². The number of hydrogen-bond donors (Lipinski definition) is 0. The predicted molar refractivity (Wildman–Crippen MR) is 145 cm³/mol. The van der Waals surface area contributed by atoms with Crippen molar-refractivity contribution in [1.29, 1.82) is 0 Å². The molecule has 3 aromatic rings. The van der Waals surface area contributed by atoms with Crippen LogP contribution in [0.3, 0.4) is 0 Å². The molecular formula is C25H27BiO7S3. The van der Waals surface area contributed by atoms with Gasteiger partial charge in [-0.2, -0.15) is 0 Å². The van der Waals surface area contributed by atoms with Gasteiger partial charge in [-0.3, -0.25) is 0 Å². The molecule has 11 heteroatoms. The van der Waals surface area contributed by atoms with Crippen molar-refractivity contribution in [2.75, 3.05) is 18.8 Å². The van der Waals surface area contributed by atoms with Crippen LogP contribution in [-0.2, 0) is 47.6 Å². The van der Waals surface area contributed by atoms with Gasteiger partial charge in [0.2, 0.25) is 0 Å². The molecule has 0 aromatic heterocycles. The van der Waals surface area contributed by atoms with Crippen molar-refractivity contribution in [2.24, 2.45) is 0 Å². The fraction of sp³-hybridized carbons (Fsp3) is 0.200. The van der Waals surface area contributed by atoms with Crippen molar-refractivity contribution in [3.8, 4) is 0 Å². The number of benzene rings is 3. The van der Waals surface area contributed by atoms with Crippen molar-refractivity contribution in [2.45, 2.75) is 28.5 Å². The van der Waals surface area contributed by atoms with E-state index in [0.29, 0.717) is 24.5 Å². The zero-order chi connectivity index (χ0) is 26.7. The minimum absolute atomic E-state index is 0.469. The van der Waals surface area contributed by atoms with Gasteiger partial charge in [-0.15, -0.1) is 0 Å². The van der Waals surface area contributed by atoms with Gasteiger partial charge in [-0.1, -0.05) is 0 Å². The monoisotopic (exact) mass is 744 g/mol. The molecule has 3 aromatic carbocycles. The summed E-state index contributed by atoms with van der Waals surface area (Å²) in [5, 5.41) is 0. The van der Waals surface area contributed by atoms with Gasteiger partial charge in [0.05, 0.1) is 0 Å². The first kappa shape index (κ1) is 28.5. The first-order valence-corrected chi connectivity index (χ1v) is 23.4. The first-order valence-electron chi connectivity index (χ1n) is 10.7. The average Bonchev–Trinajstić information content (AvgIpc) is 2.83. The summed E-state index contributed by atoms with van der Waals surface area (Å²) in [6, 6.07) is 19.9. The van der Waals surface area contributed by atoms with Crippen molar-refractivity contribution < 1.29 is 27.8 Å². The van der Waals surface area contributed by atoms with E-state index in [1.165, 1.54) is 13.8 Å². The molecule has 36 heavy (non-hydrogen) atoms. The molecule has 0 N–H and O–H groups in total. The summed E-state index contributed by atoms with van der Waals surface area (Å²) >= 11 is -6.16.